The maximum Gasteiger partial charge on any atom is 0.118 e. The molecule has 0 aliphatic heterocycles. The van der Waals surface area contributed by atoms with Crippen LogP contribution in [0.3, 0.4) is 0 Å². The SMILES string of the molecule is COc1ccc(C(O)/C=C/C2=C/CCCCC/C=C\2)cc1. The van der Waals surface area contributed by atoms with Gasteiger partial charge in [0.25, 0.3) is 0 Å². The second-order valence-corrected chi connectivity index (χ2v) is 5.32. The lowest BCUT2D eigenvalue weighted by molar-refractivity contribution is 0.228. The first kappa shape index (κ1) is 15.6. The summed E-state index contributed by atoms with van der Waals surface area (Å²) < 4.78 is 5.12. The Labute approximate surface area is 127 Å². The second-order valence-electron chi connectivity index (χ2n) is 5.32. The third-order valence-corrected chi connectivity index (χ3v) is 3.69. The molecule has 1 aliphatic carbocycles. The quantitative estimate of drug-likeness (QED) is 0.866. The van der Waals surface area contributed by atoms with Crippen molar-refractivity contribution in [2.75, 3.05) is 7.11 Å². The summed E-state index contributed by atoms with van der Waals surface area (Å²) in [5.74, 6) is 0.803. The minimum absolute atomic E-state index is 0.585. The number of benzene rings is 1. The molecule has 0 aromatic heterocycles. The van der Waals surface area contributed by atoms with E-state index in [0.29, 0.717) is 0 Å². The van der Waals surface area contributed by atoms with E-state index in [1.807, 2.05) is 36.4 Å². The molecule has 21 heavy (non-hydrogen) atoms. The number of methoxy groups -OCH3 is 1. The average Bonchev–Trinajstić information content (AvgIpc) is 2.66. The van der Waals surface area contributed by atoms with Crippen LogP contribution in [0.15, 0.2) is 60.2 Å². The smallest absolute Gasteiger partial charge is 0.118 e. The Morgan fingerprint density at radius 3 is 2.62 bits per heavy atom. The highest BCUT2D eigenvalue weighted by atomic mass is 16.5. The van der Waals surface area contributed by atoms with E-state index in [4.69, 9.17) is 4.74 Å². The molecule has 2 nitrogen and oxygen atoms in total. The number of aliphatic hydroxyl groups excluding tert-OH is 1. The third-order valence-electron chi connectivity index (χ3n) is 3.69. The topological polar surface area (TPSA) is 29.5 Å². The molecule has 0 heterocycles. The van der Waals surface area contributed by atoms with Gasteiger partial charge in [-0.05, 0) is 49.0 Å². The molecule has 0 amide bonds. The van der Waals surface area contributed by atoms with Crippen molar-refractivity contribution in [1.29, 1.82) is 0 Å². The maximum absolute atomic E-state index is 10.2. The van der Waals surface area contributed by atoms with E-state index in [1.165, 1.54) is 24.8 Å². The number of hydrogen-bond donors (Lipinski definition) is 1. The Bertz CT molecular complexity index is 509. The summed E-state index contributed by atoms with van der Waals surface area (Å²) in [6.45, 7) is 0. The molecule has 1 aliphatic rings. The van der Waals surface area contributed by atoms with Crippen molar-refractivity contribution in [3.05, 3.63) is 65.8 Å². The monoisotopic (exact) mass is 284 g/mol. The van der Waals surface area contributed by atoms with Crippen LogP contribution in [-0.4, -0.2) is 12.2 Å². The second kappa shape index (κ2) is 8.48. The van der Waals surface area contributed by atoms with Gasteiger partial charge < -0.3 is 9.84 Å². The molecule has 2 heteroatoms. The summed E-state index contributed by atoms with van der Waals surface area (Å²) in [7, 11) is 1.64. The highest BCUT2D eigenvalue weighted by Gasteiger charge is 2.03. The van der Waals surface area contributed by atoms with E-state index >= 15 is 0 Å². The van der Waals surface area contributed by atoms with E-state index in [0.717, 1.165) is 24.2 Å². The highest BCUT2D eigenvalue weighted by Crippen LogP contribution is 2.20. The van der Waals surface area contributed by atoms with Crippen LogP contribution in [-0.2, 0) is 0 Å². The van der Waals surface area contributed by atoms with E-state index < -0.39 is 6.10 Å². The average molecular weight is 284 g/mol. The predicted octanol–water partition coefficient (Wildman–Crippen LogP) is 4.73. The van der Waals surface area contributed by atoms with Gasteiger partial charge in [0, 0.05) is 0 Å². The van der Waals surface area contributed by atoms with E-state index in [2.05, 4.69) is 18.2 Å². The van der Waals surface area contributed by atoms with E-state index in [1.54, 1.807) is 7.11 Å². The van der Waals surface area contributed by atoms with Crippen LogP contribution < -0.4 is 4.74 Å². The van der Waals surface area contributed by atoms with Crippen LogP contribution in [0.2, 0.25) is 0 Å². The normalized spacial score (nSPS) is 21.7. The summed E-state index contributed by atoms with van der Waals surface area (Å²) in [4.78, 5) is 0. The molecule has 1 aromatic carbocycles. The molecule has 0 radical (unpaired) electrons. The molecule has 0 spiro atoms. The van der Waals surface area contributed by atoms with Crippen LogP contribution in [0.1, 0.15) is 43.8 Å². The maximum atomic E-state index is 10.2. The molecule has 2 rings (SSSR count). The lowest BCUT2D eigenvalue weighted by atomic mass is 10.1. The largest absolute Gasteiger partial charge is 0.497 e. The summed E-state index contributed by atoms with van der Waals surface area (Å²) in [6, 6.07) is 7.51. The first-order valence-electron chi connectivity index (χ1n) is 7.66. The van der Waals surface area contributed by atoms with Crippen LogP contribution in [0.25, 0.3) is 0 Å². The lowest BCUT2D eigenvalue weighted by Crippen LogP contribution is -1.93. The molecule has 1 atom stereocenters. The molecule has 112 valence electrons. The van der Waals surface area contributed by atoms with Gasteiger partial charge in [-0.1, -0.05) is 48.9 Å². The zero-order valence-corrected chi connectivity index (χ0v) is 12.7. The number of hydrogen-bond acceptors (Lipinski definition) is 2. The molecule has 0 saturated heterocycles. The fraction of sp³-hybridized carbons (Fsp3) is 0.368. The van der Waals surface area contributed by atoms with Crippen molar-refractivity contribution in [2.24, 2.45) is 0 Å². The standard InChI is InChI=1S/C19H24O2/c1-21-18-13-11-17(12-14-18)19(20)15-10-16-8-6-4-2-3-5-7-9-16/h6,8-15,19-20H,2-5,7H2,1H3/b8-6-,15-10+,16-9+. The van der Waals surface area contributed by atoms with Gasteiger partial charge in [0.05, 0.1) is 13.2 Å². The summed E-state index contributed by atoms with van der Waals surface area (Å²) in [5, 5.41) is 10.2. The molecule has 1 aromatic rings. The molecular formula is C19H24O2. The Kier molecular flexibility index (Phi) is 6.29. The van der Waals surface area contributed by atoms with Crippen molar-refractivity contribution in [3.8, 4) is 5.75 Å². The summed E-state index contributed by atoms with van der Waals surface area (Å²) in [6.07, 6.45) is 16.0. The molecule has 0 bridgehead atoms. The molecule has 1 unspecified atom stereocenters. The zero-order valence-electron chi connectivity index (χ0n) is 12.7. The minimum atomic E-state index is -0.585. The Balaban J connectivity index is 2.01. The van der Waals surface area contributed by atoms with Gasteiger partial charge >= 0.3 is 0 Å². The summed E-state index contributed by atoms with van der Waals surface area (Å²) >= 11 is 0. The van der Waals surface area contributed by atoms with Crippen LogP contribution in [0.5, 0.6) is 5.75 Å². The molecule has 0 fully saturated rings. The fourth-order valence-electron chi connectivity index (χ4n) is 2.38. The van der Waals surface area contributed by atoms with Gasteiger partial charge in [0.15, 0.2) is 0 Å². The van der Waals surface area contributed by atoms with Gasteiger partial charge in [0.1, 0.15) is 5.75 Å². The zero-order chi connectivity index (χ0) is 14.9. The minimum Gasteiger partial charge on any atom is -0.497 e. The number of aliphatic hydroxyl groups is 1. The van der Waals surface area contributed by atoms with Gasteiger partial charge in [-0.2, -0.15) is 0 Å². The Morgan fingerprint density at radius 1 is 1.10 bits per heavy atom. The van der Waals surface area contributed by atoms with Crippen molar-refractivity contribution < 1.29 is 9.84 Å². The van der Waals surface area contributed by atoms with E-state index in [9.17, 15) is 5.11 Å². The van der Waals surface area contributed by atoms with Crippen molar-refractivity contribution >= 4 is 0 Å². The fourth-order valence-corrected chi connectivity index (χ4v) is 2.38. The van der Waals surface area contributed by atoms with Crippen LogP contribution in [0.4, 0.5) is 0 Å². The first-order valence-corrected chi connectivity index (χ1v) is 7.66. The van der Waals surface area contributed by atoms with Gasteiger partial charge in [-0.3, -0.25) is 0 Å². The predicted molar refractivity (Wildman–Crippen MR) is 87.4 cm³/mol. The van der Waals surface area contributed by atoms with E-state index in [-0.39, 0.29) is 0 Å². The molecule has 0 saturated carbocycles. The lowest BCUT2D eigenvalue weighted by Gasteiger charge is -2.07. The van der Waals surface area contributed by atoms with Crippen molar-refractivity contribution in [3.63, 3.8) is 0 Å². The third kappa shape index (κ3) is 5.24. The number of allylic oxidation sites excluding steroid dienone is 5. The highest BCUT2D eigenvalue weighted by molar-refractivity contribution is 5.34. The van der Waals surface area contributed by atoms with Crippen LogP contribution in [0, 0.1) is 0 Å². The summed E-state index contributed by atoms with van der Waals surface area (Å²) in [5.41, 5.74) is 2.06. The first-order chi connectivity index (χ1) is 10.3. The number of ether oxygens (including phenoxy) is 1. The molecule has 1 N–H and O–H groups in total. The Morgan fingerprint density at radius 2 is 1.86 bits per heavy atom. The van der Waals surface area contributed by atoms with Gasteiger partial charge in [-0.25, -0.2) is 0 Å². The Hall–Kier alpha value is -1.80. The molecular weight excluding hydrogens is 260 g/mol. The van der Waals surface area contributed by atoms with Crippen LogP contribution >= 0.6 is 0 Å². The van der Waals surface area contributed by atoms with Crippen molar-refractivity contribution in [2.45, 2.75) is 38.2 Å². The van der Waals surface area contributed by atoms with Gasteiger partial charge in [0.2, 0.25) is 0 Å². The van der Waals surface area contributed by atoms with Crippen molar-refractivity contribution in [1.82, 2.24) is 0 Å². The van der Waals surface area contributed by atoms with Gasteiger partial charge in [-0.15, -0.1) is 0 Å². The number of rotatable bonds is 4.